The minimum Gasteiger partial charge on any atom is -0.481 e. The van der Waals surface area contributed by atoms with Crippen molar-refractivity contribution in [3.63, 3.8) is 0 Å². The van der Waals surface area contributed by atoms with Gasteiger partial charge in [0.2, 0.25) is 5.91 Å². The molecule has 7 heteroatoms. The maximum Gasteiger partial charge on any atom is 0.320 e. The van der Waals surface area contributed by atoms with E-state index in [2.05, 4.69) is 5.32 Å². The molecule has 21 heavy (non-hydrogen) atoms. The average molecular weight is 297 g/mol. The van der Waals surface area contributed by atoms with E-state index in [1.807, 2.05) is 0 Å². The molecular weight excluding hydrogens is 274 g/mol. The monoisotopic (exact) mass is 297 g/mol. The molecule has 2 saturated heterocycles. The van der Waals surface area contributed by atoms with Crippen molar-refractivity contribution in [2.45, 2.75) is 38.6 Å². The summed E-state index contributed by atoms with van der Waals surface area (Å²) in [6.45, 7) is 3.82. The largest absolute Gasteiger partial charge is 0.481 e. The highest BCUT2D eigenvalue weighted by Crippen LogP contribution is 2.20. The van der Waals surface area contributed by atoms with E-state index in [4.69, 9.17) is 5.11 Å². The molecule has 2 fully saturated rings. The number of carbonyl (C=O) groups is 3. The van der Waals surface area contributed by atoms with E-state index in [9.17, 15) is 14.4 Å². The van der Waals surface area contributed by atoms with Crippen LogP contribution in [0.15, 0.2) is 0 Å². The van der Waals surface area contributed by atoms with Crippen LogP contribution in [0.2, 0.25) is 0 Å². The molecule has 0 atom stereocenters. The first-order valence-electron chi connectivity index (χ1n) is 7.51. The molecule has 0 aromatic carbocycles. The quantitative estimate of drug-likeness (QED) is 0.777. The van der Waals surface area contributed by atoms with Gasteiger partial charge in [0.25, 0.3) is 0 Å². The van der Waals surface area contributed by atoms with Crippen LogP contribution < -0.4 is 5.32 Å². The predicted octanol–water partition coefficient (Wildman–Crippen LogP) is 0.504. The van der Waals surface area contributed by atoms with Gasteiger partial charge in [-0.3, -0.25) is 9.59 Å². The van der Waals surface area contributed by atoms with Gasteiger partial charge in [-0.15, -0.1) is 0 Å². The Balaban J connectivity index is 1.77. The molecule has 0 aliphatic carbocycles. The van der Waals surface area contributed by atoms with Crippen molar-refractivity contribution in [2.24, 2.45) is 5.92 Å². The normalized spacial score (nSPS) is 21.2. The molecule has 2 rings (SSSR count). The number of rotatable bonds is 2. The fourth-order valence-corrected chi connectivity index (χ4v) is 3.02. The van der Waals surface area contributed by atoms with Crippen LogP contribution in [-0.2, 0) is 9.59 Å². The molecule has 0 saturated carbocycles. The number of nitrogens with zero attached hydrogens (tertiary/aromatic N) is 2. The van der Waals surface area contributed by atoms with E-state index in [-0.39, 0.29) is 23.9 Å². The number of nitrogens with one attached hydrogen (secondary N) is 1. The number of piperidine rings is 2. The SMILES string of the molecule is CC(=O)NC1CCN(C(=O)N2CCC(C(=O)O)CC2)CC1. The van der Waals surface area contributed by atoms with Crippen molar-refractivity contribution in [3.8, 4) is 0 Å². The second kappa shape index (κ2) is 6.78. The molecular formula is C14H23N3O4. The Morgan fingerprint density at radius 1 is 0.952 bits per heavy atom. The topological polar surface area (TPSA) is 90.0 Å². The van der Waals surface area contributed by atoms with Crippen LogP contribution in [0.3, 0.4) is 0 Å². The van der Waals surface area contributed by atoms with Crippen LogP contribution in [0.4, 0.5) is 4.79 Å². The third kappa shape index (κ3) is 4.09. The van der Waals surface area contributed by atoms with Crippen LogP contribution in [0.25, 0.3) is 0 Å². The van der Waals surface area contributed by atoms with Gasteiger partial charge in [0.05, 0.1) is 5.92 Å². The van der Waals surface area contributed by atoms with Crippen molar-refractivity contribution in [1.82, 2.24) is 15.1 Å². The number of hydrogen-bond donors (Lipinski definition) is 2. The fraction of sp³-hybridized carbons (Fsp3) is 0.786. The summed E-state index contributed by atoms with van der Waals surface area (Å²) in [7, 11) is 0. The third-order valence-electron chi connectivity index (χ3n) is 4.29. The summed E-state index contributed by atoms with van der Waals surface area (Å²) < 4.78 is 0. The minimum absolute atomic E-state index is 0.000105. The zero-order valence-electron chi connectivity index (χ0n) is 12.4. The van der Waals surface area contributed by atoms with Gasteiger partial charge >= 0.3 is 12.0 Å². The Bertz CT molecular complexity index is 410. The van der Waals surface area contributed by atoms with Crippen molar-refractivity contribution in [2.75, 3.05) is 26.2 Å². The van der Waals surface area contributed by atoms with Crippen molar-refractivity contribution < 1.29 is 19.5 Å². The highest BCUT2D eigenvalue weighted by molar-refractivity contribution is 5.76. The van der Waals surface area contributed by atoms with Crippen LogP contribution in [0, 0.1) is 5.92 Å². The van der Waals surface area contributed by atoms with Crippen LogP contribution in [0.1, 0.15) is 32.6 Å². The lowest BCUT2D eigenvalue weighted by atomic mass is 9.97. The number of likely N-dealkylation sites (tertiary alicyclic amines) is 2. The van der Waals surface area contributed by atoms with Gasteiger partial charge in [0, 0.05) is 39.1 Å². The molecule has 118 valence electrons. The van der Waals surface area contributed by atoms with Gasteiger partial charge in [0.15, 0.2) is 0 Å². The van der Waals surface area contributed by atoms with Crippen molar-refractivity contribution in [1.29, 1.82) is 0 Å². The summed E-state index contributed by atoms with van der Waals surface area (Å²) in [5, 5.41) is 11.8. The molecule has 2 N–H and O–H groups in total. The van der Waals surface area contributed by atoms with Crippen molar-refractivity contribution >= 4 is 17.9 Å². The van der Waals surface area contributed by atoms with E-state index in [0.717, 1.165) is 12.8 Å². The molecule has 0 aromatic rings. The number of aliphatic carboxylic acids is 1. The van der Waals surface area contributed by atoms with Gasteiger partial charge in [-0.1, -0.05) is 0 Å². The maximum atomic E-state index is 12.4. The molecule has 0 aromatic heterocycles. The Morgan fingerprint density at radius 2 is 1.43 bits per heavy atom. The molecule has 0 bridgehead atoms. The van der Waals surface area contributed by atoms with Crippen LogP contribution in [0.5, 0.6) is 0 Å². The lowest BCUT2D eigenvalue weighted by Crippen LogP contribution is -2.52. The summed E-state index contributed by atoms with van der Waals surface area (Å²) in [6, 6.07) is 0.157. The molecule has 2 heterocycles. The van der Waals surface area contributed by atoms with E-state index >= 15 is 0 Å². The first kappa shape index (κ1) is 15.6. The summed E-state index contributed by atoms with van der Waals surface area (Å²) in [4.78, 5) is 37.8. The Kier molecular flexibility index (Phi) is 5.03. The summed E-state index contributed by atoms with van der Waals surface area (Å²) in [5.74, 6) is -1.12. The lowest BCUT2D eigenvalue weighted by molar-refractivity contribution is -0.143. The fourth-order valence-electron chi connectivity index (χ4n) is 3.02. The first-order chi connectivity index (χ1) is 9.97. The highest BCUT2D eigenvalue weighted by atomic mass is 16.4. The highest BCUT2D eigenvalue weighted by Gasteiger charge is 2.31. The number of carboxylic acids is 1. The number of hydrogen-bond acceptors (Lipinski definition) is 3. The van der Waals surface area contributed by atoms with Gasteiger partial charge in [-0.2, -0.15) is 0 Å². The summed E-state index contributed by atoms with van der Waals surface area (Å²) in [6.07, 6.45) is 2.61. The van der Waals surface area contributed by atoms with Gasteiger partial charge in [-0.25, -0.2) is 4.79 Å². The Hall–Kier alpha value is -1.79. The van der Waals surface area contributed by atoms with Gasteiger partial charge in [-0.05, 0) is 25.7 Å². The number of carbonyl (C=O) groups excluding carboxylic acids is 2. The average Bonchev–Trinajstić information content (AvgIpc) is 2.47. The zero-order valence-corrected chi connectivity index (χ0v) is 12.4. The molecule has 7 nitrogen and oxygen atoms in total. The predicted molar refractivity (Wildman–Crippen MR) is 75.7 cm³/mol. The number of urea groups is 1. The minimum atomic E-state index is -0.766. The molecule has 0 spiro atoms. The van der Waals surface area contributed by atoms with Crippen LogP contribution in [-0.4, -0.2) is 65.0 Å². The van der Waals surface area contributed by atoms with Gasteiger partial charge in [0.1, 0.15) is 0 Å². The van der Waals surface area contributed by atoms with Gasteiger partial charge < -0.3 is 20.2 Å². The first-order valence-corrected chi connectivity index (χ1v) is 7.51. The lowest BCUT2D eigenvalue weighted by Gasteiger charge is -2.38. The van der Waals surface area contributed by atoms with E-state index in [0.29, 0.717) is 39.0 Å². The van der Waals surface area contributed by atoms with E-state index < -0.39 is 5.97 Å². The molecule has 2 aliphatic rings. The number of amides is 3. The standard InChI is InChI=1S/C14H23N3O4/c1-10(18)15-12-4-8-17(9-5-12)14(21)16-6-2-11(3-7-16)13(19)20/h11-12H,2-9H2,1H3,(H,15,18)(H,19,20). The molecule has 2 aliphatic heterocycles. The Morgan fingerprint density at radius 3 is 1.86 bits per heavy atom. The van der Waals surface area contributed by atoms with Crippen molar-refractivity contribution in [3.05, 3.63) is 0 Å². The molecule has 0 unspecified atom stereocenters. The second-order valence-corrected chi connectivity index (χ2v) is 5.84. The zero-order chi connectivity index (χ0) is 15.4. The second-order valence-electron chi connectivity index (χ2n) is 5.84. The number of carboxylic acid groups (broad SMARTS) is 1. The smallest absolute Gasteiger partial charge is 0.320 e. The maximum absolute atomic E-state index is 12.4. The van der Waals surface area contributed by atoms with E-state index in [1.54, 1.807) is 9.80 Å². The Labute approximate surface area is 124 Å². The van der Waals surface area contributed by atoms with E-state index in [1.165, 1.54) is 6.92 Å². The summed E-state index contributed by atoms with van der Waals surface area (Å²) in [5.41, 5.74) is 0. The molecule has 3 amide bonds. The third-order valence-corrected chi connectivity index (χ3v) is 4.29. The molecule has 0 radical (unpaired) electrons. The summed E-state index contributed by atoms with van der Waals surface area (Å²) >= 11 is 0. The van der Waals surface area contributed by atoms with Crippen LogP contribution >= 0.6 is 0 Å².